The van der Waals surface area contributed by atoms with E-state index in [1.54, 1.807) is 14.0 Å². The third kappa shape index (κ3) is 6.45. The molecular formula is C20H26N2O6S. The van der Waals surface area contributed by atoms with Crippen molar-refractivity contribution < 1.29 is 27.8 Å². The Morgan fingerprint density at radius 2 is 1.83 bits per heavy atom. The molecule has 158 valence electrons. The first-order valence-electron chi connectivity index (χ1n) is 9.02. The van der Waals surface area contributed by atoms with Crippen LogP contribution < -0.4 is 14.8 Å². The topological polar surface area (TPSA) is 114 Å². The molecule has 2 rings (SSSR count). The Labute approximate surface area is 170 Å². The number of hydrogen-bond donors (Lipinski definition) is 3. The SMILES string of the molecule is COC[C@H](C)NS(=O)(=O)c1cc(C(=O)O)ccc1NCCc1ccc(OC)cc1. The lowest BCUT2D eigenvalue weighted by molar-refractivity contribution is 0.0696. The van der Waals surface area contributed by atoms with Gasteiger partial charge in [-0.2, -0.15) is 0 Å². The van der Waals surface area contributed by atoms with E-state index in [-0.39, 0.29) is 17.1 Å². The molecule has 0 saturated heterocycles. The van der Waals surface area contributed by atoms with Gasteiger partial charge in [-0.05, 0) is 49.2 Å². The number of carboxylic acids is 1. The van der Waals surface area contributed by atoms with E-state index in [4.69, 9.17) is 9.47 Å². The summed E-state index contributed by atoms with van der Waals surface area (Å²) in [5, 5.41) is 12.3. The van der Waals surface area contributed by atoms with Gasteiger partial charge >= 0.3 is 5.97 Å². The minimum absolute atomic E-state index is 0.106. The van der Waals surface area contributed by atoms with Crippen LogP contribution in [0, 0.1) is 0 Å². The number of benzene rings is 2. The highest BCUT2D eigenvalue weighted by molar-refractivity contribution is 7.89. The summed E-state index contributed by atoms with van der Waals surface area (Å²) in [5.74, 6) is -0.438. The van der Waals surface area contributed by atoms with Crippen LogP contribution in [0.1, 0.15) is 22.8 Å². The molecule has 0 aromatic heterocycles. The smallest absolute Gasteiger partial charge is 0.335 e. The van der Waals surface area contributed by atoms with Gasteiger partial charge in [-0.15, -0.1) is 0 Å². The molecule has 8 nitrogen and oxygen atoms in total. The minimum Gasteiger partial charge on any atom is -0.497 e. The molecule has 1 atom stereocenters. The zero-order valence-corrected chi connectivity index (χ0v) is 17.5. The monoisotopic (exact) mass is 422 g/mol. The van der Waals surface area contributed by atoms with Gasteiger partial charge in [0.15, 0.2) is 0 Å². The summed E-state index contributed by atoms with van der Waals surface area (Å²) in [7, 11) is -0.873. The van der Waals surface area contributed by atoms with Crippen molar-refractivity contribution >= 4 is 21.7 Å². The fraction of sp³-hybridized carbons (Fsp3) is 0.350. The standard InChI is InChI=1S/C20H26N2O6S/c1-14(13-27-2)22-29(25,26)19-12-16(20(23)24)6-9-18(19)21-11-10-15-4-7-17(28-3)8-5-15/h4-9,12,14,21-22H,10-11,13H2,1-3H3,(H,23,24)/t14-/m0/s1. The van der Waals surface area contributed by atoms with Crippen molar-refractivity contribution in [2.24, 2.45) is 0 Å². The van der Waals surface area contributed by atoms with Gasteiger partial charge < -0.3 is 19.9 Å². The average molecular weight is 423 g/mol. The minimum atomic E-state index is -3.94. The van der Waals surface area contributed by atoms with E-state index in [0.717, 1.165) is 17.4 Å². The largest absolute Gasteiger partial charge is 0.497 e. The highest BCUT2D eigenvalue weighted by Gasteiger charge is 2.22. The molecule has 0 radical (unpaired) electrons. The van der Waals surface area contributed by atoms with Gasteiger partial charge in [0.25, 0.3) is 0 Å². The van der Waals surface area contributed by atoms with E-state index in [9.17, 15) is 18.3 Å². The summed E-state index contributed by atoms with van der Waals surface area (Å²) in [6.07, 6.45) is 0.650. The molecular weight excluding hydrogens is 396 g/mol. The fourth-order valence-electron chi connectivity index (χ4n) is 2.77. The van der Waals surface area contributed by atoms with Gasteiger partial charge in [-0.1, -0.05) is 12.1 Å². The molecule has 0 saturated carbocycles. The summed E-state index contributed by atoms with van der Waals surface area (Å²) < 4.78 is 38.2. The molecule has 9 heteroatoms. The van der Waals surface area contributed by atoms with E-state index in [2.05, 4.69) is 10.0 Å². The predicted octanol–water partition coefficient (Wildman–Crippen LogP) is 2.36. The van der Waals surface area contributed by atoms with Gasteiger partial charge in [-0.3, -0.25) is 0 Å². The fourth-order valence-corrected chi connectivity index (χ4v) is 4.21. The Morgan fingerprint density at radius 3 is 2.41 bits per heavy atom. The molecule has 0 heterocycles. The molecule has 0 bridgehead atoms. The van der Waals surface area contributed by atoms with Crippen LogP contribution in [0.4, 0.5) is 5.69 Å². The summed E-state index contributed by atoms with van der Waals surface area (Å²) in [6.45, 7) is 2.33. The Hall–Kier alpha value is -2.62. The van der Waals surface area contributed by atoms with Gasteiger partial charge in [0.05, 0.1) is 25.0 Å². The summed E-state index contributed by atoms with van der Waals surface area (Å²) in [4.78, 5) is 11.2. The number of aromatic carboxylic acids is 1. The normalized spacial score (nSPS) is 12.4. The number of ether oxygens (including phenoxy) is 2. The van der Waals surface area contributed by atoms with Crippen LogP contribution in [-0.4, -0.2) is 52.9 Å². The Bertz CT molecular complexity index is 928. The van der Waals surface area contributed by atoms with Crippen molar-refractivity contribution in [2.45, 2.75) is 24.3 Å². The maximum Gasteiger partial charge on any atom is 0.335 e. The van der Waals surface area contributed by atoms with Crippen LogP contribution in [0.2, 0.25) is 0 Å². The zero-order chi connectivity index (χ0) is 21.4. The van der Waals surface area contributed by atoms with Gasteiger partial charge in [0.2, 0.25) is 10.0 Å². The van der Waals surface area contributed by atoms with Gasteiger partial charge in [0.1, 0.15) is 10.6 Å². The lowest BCUT2D eigenvalue weighted by Gasteiger charge is -2.17. The number of nitrogens with one attached hydrogen (secondary N) is 2. The number of rotatable bonds is 11. The number of carboxylic acid groups (broad SMARTS) is 1. The molecule has 0 aliphatic carbocycles. The number of sulfonamides is 1. The van der Waals surface area contributed by atoms with Crippen LogP contribution in [0.15, 0.2) is 47.4 Å². The molecule has 0 fully saturated rings. The molecule has 0 spiro atoms. The van der Waals surface area contributed by atoms with Crippen LogP contribution in [0.3, 0.4) is 0 Å². The van der Waals surface area contributed by atoms with Crippen molar-refractivity contribution in [2.75, 3.05) is 32.7 Å². The van der Waals surface area contributed by atoms with Gasteiger partial charge in [0, 0.05) is 19.7 Å². The third-order valence-corrected chi connectivity index (χ3v) is 5.81. The second kappa shape index (κ2) is 10.2. The third-order valence-electron chi connectivity index (χ3n) is 4.18. The first kappa shape index (κ1) is 22.7. The maximum atomic E-state index is 12.8. The quantitative estimate of drug-likeness (QED) is 0.509. The lowest BCUT2D eigenvalue weighted by Crippen LogP contribution is -2.36. The molecule has 0 amide bonds. The van der Waals surface area contributed by atoms with Crippen LogP contribution in [-0.2, 0) is 21.2 Å². The molecule has 2 aromatic carbocycles. The predicted molar refractivity (Wildman–Crippen MR) is 110 cm³/mol. The number of anilines is 1. The van der Waals surface area contributed by atoms with Crippen LogP contribution >= 0.6 is 0 Å². The van der Waals surface area contributed by atoms with E-state index in [1.807, 2.05) is 24.3 Å². The maximum absolute atomic E-state index is 12.8. The Morgan fingerprint density at radius 1 is 1.14 bits per heavy atom. The molecule has 2 aromatic rings. The zero-order valence-electron chi connectivity index (χ0n) is 16.6. The van der Waals surface area contributed by atoms with E-state index in [1.165, 1.54) is 19.2 Å². The first-order valence-corrected chi connectivity index (χ1v) is 10.5. The van der Waals surface area contributed by atoms with Crippen LogP contribution in [0.5, 0.6) is 5.75 Å². The molecule has 0 aliphatic rings. The van der Waals surface area contributed by atoms with E-state index >= 15 is 0 Å². The second-order valence-corrected chi connectivity index (χ2v) is 8.20. The van der Waals surface area contributed by atoms with Crippen molar-refractivity contribution in [3.63, 3.8) is 0 Å². The van der Waals surface area contributed by atoms with E-state index < -0.39 is 22.0 Å². The highest BCUT2D eigenvalue weighted by Crippen LogP contribution is 2.23. The van der Waals surface area contributed by atoms with Crippen molar-refractivity contribution in [3.8, 4) is 5.75 Å². The first-order chi connectivity index (χ1) is 13.8. The number of methoxy groups -OCH3 is 2. The summed E-state index contributed by atoms with van der Waals surface area (Å²) in [5.41, 5.74) is 1.28. The highest BCUT2D eigenvalue weighted by atomic mass is 32.2. The van der Waals surface area contributed by atoms with Gasteiger partial charge in [-0.25, -0.2) is 17.9 Å². The number of hydrogen-bond acceptors (Lipinski definition) is 6. The van der Waals surface area contributed by atoms with Crippen molar-refractivity contribution in [3.05, 3.63) is 53.6 Å². The van der Waals surface area contributed by atoms with Crippen LogP contribution in [0.25, 0.3) is 0 Å². The Balaban J connectivity index is 2.20. The Kier molecular flexibility index (Phi) is 8.00. The average Bonchev–Trinajstić information content (AvgIpc) is 2.68. The molecule has 0 aliphatic heterocycles. The summed E-state index contributed by atoms with van der Waals surface area (Å²) >= 11 is 0. The van der Waals surface area contributed by atoms with E-state index in [0.29, 0.717) is 18.7 Å². The van der Waals surface area contributed by atoms with Crippen molar-refractivity contribution in [1.29, 1.82) is 0 Å². The van der Waals surface area contributed by atoms with Crippen molar-refractivity contribution in [1.82, 2.24) is 4.72 Å². The molecule has 0 unspecified atom stereocenters. The lowest BCUT2D eigenvalue weighted by atomic mass is 10.1. The second-order valence-electron chi connectivity index (χ2n) is 6.52. The number of carbonyl (C=O) groups is 1. The molecule has 3 N–H and O–H groups in total. The molecule has 29 heavy (non-hydrogen) atoms. The summed E-state index contributed by atoms with van der Waals surface area (Å²) in [6, 6.07) is 11.1.